The smallest absolute Gasteiger partial charge is 0.196 e. The number of hydrogen-bond acceptors (Lipinski definition) is 3. The van der Waals surface area contributed by atoms with Crippen molar-refractivity contribution in [1.82, 2.24) is 28.7 Å². The van der Waals surface area contributed by atoms with Crippen LogP contribution in [0.5, 0.6) is 0 Å². The zero-order valence-electron chi connectivity index (χ0n) is 75.6. The highest BCUT2D eigenvalue weighted by Crippen LogP contribution is 2.51. The first kappa shape index (κ1) is 81.1. The largest absolute Gasteiger partial charge is 0.309 e. The van der Waals surface area contributed by atoms with E-state index in [1.165, 1.54) is 180 Å². The van der Waals surface area contributed by atoms with E-state index in [2.05, 4.69) is 485 Å². The quantitative estimate of drug-likeness (QED) is 0.0958. The van der Waals surface area contributed by atoms with Gasteiger partial charge in [-0.05, 0) is 284 Å². The second-order valence-corrected chi connectivity index (χ2v) is 35.8. The van der Waals surface area contributed by atoms with Crippen molar-refractivity contribution < 1.29 is 0 Å². The molecule has 6 heterocycles. The zero-order valence-corrected chi connectivity index (χ0v) is 75.6. The molecule has 7 nitrogen and oxygen atoms in total. The first-order valence-electron chi connectivity index (χ1n) is 47.3. The summed E-state index contributed by atoms with van der Waals surface area (Å²) in [5, 5.41) is 25.5. The zero-order chi connectivity index (χ0) is 92.0. The van der Waals surface area contributed by atoms with Crippen LogP contribution in [0.1, 0.15) is 0 Å². The lowest BCUT2D eigenvalue weighted by molar-refractivity contribution is 1.14. The summed E-state index contributed by atoms with van der Waals surface area (Å²) in [6.45, 7) is 8.42. The number of hydrogen-bond donors (Lipinski definition) is 0. The molecule has 0 saturated carbocycles. The lowest BCUT2D eigenvalue weighted by Gasteiger charge is -2.19. The van der Waals surface area contributed by atoms with Crippen molar-refractivity contribution in [3.05, 3.63) is 515 Å². The van der Waals surface area contributed by atoms with E-state index in [9.17, 15) is 0 Å². The van der Waals surface area contributed by atoms with Crippen LogP contribution in [0.15, 0.2) is 504 Å². The van der Waals surface area contributed by atoms with Crippen molar-refractivity contribution in [1.29, 1.82) is 0 Å². The van der Waals surface area contributed by atoms with Gasteiger partial charge in [0.2, 0.25) is 0 Å². The molecule has 0 spiro atoms. The number of benzene rings is 22. The van der Waals surface area contributed by atoms with Gasteiger partial charge in [0, 0.05) is 68.8 Å². The lowest BCUT2D eigenvalue weighted by Crippen LogP contribution is -1.96. The Morgan fingerprint density at radius 2 is 0.532 bits per heavy atom. The van der Waals surface area contributed by atoms with Crippen molar-refractivity contribution >= 4 is 158 Å². The van der Waals surface area contributed by atoms with Crippen molar-refractivity contribution in [2.45, 2.75) is 0 Å². The highest BCUT2D eigenvalue weighted by Gasteiger charge is 2.26. The third-order valence-electron chi connectivity index (χ3n) is 28.1. The van der Waals surface area contributed by atoms with Gasteiger partial charge in [0.15, 0.2) is 5.69 Å². The molecule has 139 heavy (non-hydrogen) atoms. The molecule has 0 aliphatic carbocycles. The minimum absolute atomic E-state index is 0.599. The molecular formula is C132H83N7. The molecule has 0 atom stereocenters. The summed E-state index contributed by atoms with van der Waals surface area (Å²) in [7, 11) is 0. The molecule has 0 saturated heterocycles. The van der Waals surface area contributed by atoms with E-state index in [-0.39, 0.29) is 0 Å². The summed E-state index contributed by atoms with van der Waals surface area (Å²) in [4.78, 5) is 18.1. The summed E-state index contributed by atoms with van der Waals surface area (Å²) >= 11 is 0. The molecule has 0 fully saturated rings. The minimum atomic E-state index is 0.599. The van der Waals surface area contributed by atoms with Crippen molar-refractivity contribution in [2.24, 2.45) is 0 Å². The van der Waals surface area contributed by atoms with Crippen LogP contribution in [0.4, 0.5) is 5.69 Å². The Bertz CT molecular complexity index is 9680. The summed E-state index contributed by atoms with van der Waals surface area (Å²) in [6.07, 6.45) is 7.56. The Balaban J connectivity index is 0.000000109. The van der Waals surface area contributed by atoms with Gasteiger partial charge in [-0.15, -0.1) is 0 Å². The van der Waals surface area contributed by atoms with Gasteiger partial charge in [-0.2, -0.15) is 0 Å². The Morgan fingerprint density at radius 1 is 0.187 bits per heavy atom. The minimum Gasteiger partial charge on any atom is -0.309 e. The molecule has 0 bridgehead atoms. The van der Waals surface area contributed by atoms with Gasteiger partial charge >= 0.3 is 0 Å². The Morgan fingerprint density at radius 3 is 1.07 bits per heavy atom. The predicted molar refractivity (Wildman–Crippen MR) is 586 cm³/mol. The van der Waals surface area contributed by atoms with Gasteiger partial charge in [-0.25, -0.2) is 9.83 Å². The van der Waals surface area contributed by atoms with Crippen LogP contribution in [0.25, 0.3) is 263 Å². The maximum absolute atomic E-state index is 8.42. The van der Waals surface area contributed by atoms with Crippen LogP contribution < -0.4 is 0 Å². The van der Waals surface area contributed by atoms with E-state index < -0.39 is 0 Å². The van der Waals surface area contributed by atoms with Gasteiger partial charge < -0.3 is 9.13 Å². The standard InChI is InChI=1S/C52H31N3.C43H28N2.C37H24N2/c1-53-48-32-40(55-49-19-9-8-15-42(49)46-18-10-28-54-52(46)55)25-27-41(48)37-24-26-45-47(31-37)51(39-23-21-34-12-3-5-14-36(34)30-39)44-17-7-6-16-43(44)50(45)38-22-20-33-11-2-4-13-35(33)29-38;1-3-11-30(12-4-1)42-35-16-7-8-17-36(35)43(31-13-5-2-6-14-31)38-27-32(21-24-37(38)42)29-19-22-33(23-20-29)45-40-18-10-9-15-34(40)39-28-44-26-25-41(39)45;1-3-12-25(13-4-1)35-28-16-7-8-17-29(28)36(26-14-5-2-6-15-26)32-24-27(21-22-30(32)35)39-33-19-10-9-18-31(33)37-34(39)20-11-23-38-37/h2-32H;1-28H;1-24H. The number of aromatic nitrogens is 6. The first-order valence-corrected chi connectivity index (χ1v) is 47.3. The molecule has 7 heteroatoms. The number of fused-ring (bicyclic) bond motifs is 17. The maximum atomic E-state index is 8.42. The van der Waals surface area contributed by atoms with E-state index in [4.69, 9.17) is 16.5 Å². The fourth-order valence-electron chi connectivity index (χ4n) is 22.0. The summed E-state index contributed by atoms with van der Waals surface area (Å²) in [5.74, 6) is 0. The topological polar surface area (TPSA) is 57.8 Å². The molecule has 0 aliphatic rings. The second-order valence-electron chi connectivity index (χ2n) is 35.8. The normalized spacial score (nSPS) is 11.6. The molecular weight excluding hydrogens is 1680 g/mol. The van der Waals surface area contributed by atoms with Crippen LogP contribution in [0, 0.1) is 6.57 Å². The maximum Gasteiger partial charge on any atom is 0.196 e. The van der Waals surface area contributed by atoms with Crippen molar-refractivity contribution in [3.63, 3.8) is 0 Å². The van der Waals surface area contributed by atoms with E-state index >= 15 is 0 Å². The van der Waals surface area contributed by atoms with Crippen molar-refractivity contribution in [2.75, 3.05) is 0 Å². The average Bonchev–Trinajstić information content (AvgIpc) is 1.33. The molecule has 28 aromatic rings. The Kier molecular flexibility index (Phi) is 19.9. The van der Waals surface area contributed by atoms with Crippen LogP contribution >= 0.6 is 0 Å². The fraction of sp³-hybridized carbons (Fsp3) is 0. The van der Waals surface area contributed by atoms with Crippen LogP contribution in [0.3, 0.4) is 0 Å². The van der Waals surface area contributed by atoms with Crippen LogP contribution in [-0.2, 0) is 0 Å². The van der Waals surface area contributed by atoms with Gasteiger partial charge in [0.1, 0.15) is 5.65 Å². The molecule has 22 aromatic carbocycles. The fourth-order valence-corrected chi connectivity index (χ4v) is 22.0. The molecule has 0 N–H and O–H groups in total. The Labute approximate surface area is 802 Å². The number of pyridine rings is 3. The highest BCUT2D eigenvalue weighted by atomic mass is 15.0. The predicted octanol–water partition coefficient (Wildman–Crippen LogP) is 35.6. The van der Waals surface area contributed by atoms with Gasteiger partial charge in [0.25, 0.3) is 0 Å². The molecule has 0 aliphatic heterocycles. The van der Waals surface area contributed by atoms with Crippen LogP contribution in [-0.4, -0.2) is 28.7 Å². The molecule has 28 rings (SSSR count). The molecule has 0 unspecified atom stereocenters. The van der Waals surface area contributed by atoms with Gasteiger partial charge in [-0.3, -0.25) is 14.5 Å². The molecule has 6 aromatic heterocycles. The van der Waals surface area contributed by atoms with Gasteiger partial charge in [0.05, 0.1) is 39.7 Å². The monoisotopic (exact) mass is 1770 g/mol. The van der Waals surface area contributed by atoms with E-state index in [0.717, 1.165) is 77.6 Å². The summed E-state index contributed by atoms with van der Waals surface area (Å²) in [5.41, 5.74) is 30.5. The Hall–Kier alpha value is -18.7. The van der Waals surface area contributed by atoms with E-state index in [1.54, 1.807) is 0 Å². The SMILES string of the molecule is [C-]#[N+]c1cc(-n2c3ccccc3c3cccnc32)ccc1-c1ccc2c(-c3ccc4ccccc4c3)c3ccccc3c(-c3ccc4ccccc4c3)c2c1.c1ccc(-c2c3ccccc3c(-c3ccccc3)c3cc(-c4ccc(-n5c6ccccc6c6cnccc65)cc4)ccc23)cc1.c1ccc(-c2c3ccccc3c(-c3ccccc3)c3cc(-n4c5ccccc5c5ncccc54)ccc23)cc1. The third-order valence-corrected chi connectivity index (χ3v) is 28.1. The number of nitrogens with zero attached hydrogens (tertiary/aromatic N) is 7. The van der Waals surface area contributed by atoms with Gasteiger partial charge in [-0.1, -0.05) is 370 Å². The highest BCUT2D eigenvalue weighted by molar-refractivity contribution is 6.26. The number of rotatable bonds is 11. The third kappa shape index (κ3) is 13.8. The molecule has 0 radical (unpaired) electrons. The number of para-hydroxylation sites is 3. The van der Waals surface area contributed by atoms with Crippen LogP contribution in [0.2, 0.25) is 0 Å². The van der Waals surface area contributed by atoms with Crippen molar-refractivity contribution in [3.8, 4) is 106 Å². The summed E-state index contributed by atoms with van der Waals surface area (Å²) < 4.78 is 6.86. The second kappa shape index (κ2) is 34.1. The van der Waals surface area contributed by atoms with E-state index in [0.29, 0.717) is 5.69 Å². The lowest BCUT2D eigenvalue weighted by atomic mass is 9.84. The molecule has 646 valence electrons. The summed E-state index contributed by atoms with van der Waals surface area (Å²) in [6, 6.07) is 172. The first-order chi connectivity index (χ1) is 69.0. The molecule has 0 amide bonds. The van der Waals surface area contributed by atoms with E-state index in [1.807, 2.05) is 43.0 Å². The average molecular weight is 1770 g/mol.